The Bertz CT molecular complexity index is 889. The number of hydrogen-bond acceptors (Lipinski definition) is 5. The van der Waals surface area contributed by atoms with Crippen LogP contribution in [-0.2, 0) is 6.54 Å². The molecule has 0 radical (unpaired) electrons. The molecule has 0 amide bonds. The topological polar surface area (TPSA) is 88.4 Å². The van der Waals surface area contributed by atoms with Gasteiger partial charge in [-0.15, -0.1) is 0 Å². The molecule has 2 heterocycles. The lowest BCUT2D eigenvalue weighted by atomic mass is 9.83. The zero-order chi connectivity index (χ0) is 18.3. The molecule has 25 heavy (non-hydrogen) atoms. The highest BCUT2D eigenvalue weighted by atomic mass is 16.3. The highest BCUT2D eigenvalue weighted by Crippen LogP contribution is 2.32. The standard InChI is InChI=1S/C19H22N2O4/c1-4-5-6-7-21-13(23)9-11(3)15-17(21)19(25)16-14(18(15)24)10(2)8-12(22)20-16/h8-9,12,20,22H,4-7H2,1-3H3. The summed E-state index contributed by atoms with van der Waals surface area (Å²) < 4.78 is 1.41. The lowest BCUT2D eigenvalue weighted by Gasteiger charge is -2.29. The fourth-order valence-corrected chi connectivity index (χ4v) is 3.53. The number of unbranched alkanes of at least 4 members (excludes halogenated alkanes) is 2. The number of ketones is 2. The first kappa shape index (κ1) is 17.4. The van der Waals surface area contributed by atoms with Gasteiger partial charge in [0.15, 0.2) is 5.78 Å². The first-order valence-electron chi connectivity index (χ1n) is 8.58. The Balaban J connectivity index is 2.20. The van der Waals surface area contributed by atoms with Gasteiger partial charge in [-0.05, 0) is 37.5 Å². The zero-order valence-electron chi connectivity index (χ0n) is 14.7. The van der Waals surface area contributed by atoms with Gasteiger partial charge in [0.1, 0.15) is 11.9 Å². The van der Waals surface area contributed by atoms with Gasteiger partial charge >= 0.3 is 0 Å². The summed E-state index contributed by atoms with van der Waals surface area (Å²) in [5.41, 5.74) is 1.60. The number of aryl methyl sites for hydroxylation is 1. The van der Waals surface area contributed by atoms with Crippen molar-refractivity contribution in [1.29, 1.82) is 0 Å². The van der Waals surface area contributed by atoms with E-state index in [4.69, 9.17) is 0 Å². The summed E-state index contributed by atoms with van der Waals surface area (Å²) in [5.74, 6) is -0.687. The number of nitrogens with zero attached hydrogens (tertiary/aromatic N) is 1. The van der Waals surface area contributed by atoms with E-state index in [9.17, 15) is 19.5 Å². The molecule has 1 aromatic rings. The van der Waals surface area contributed by atoms with Crippen LogP contribution in [0.2, 0.25) is 0 Å². The predicted molar refractivity (Wildman–Crippen MR) is 93.6 cm³/mol. The summed E-state index contributed by atoms with van der Waals surface area (Å²) >= 11 is 0. The second-order valence-electron chi connectivity index (χ2n) is 6.60. The van der Waals surface area contributed by atoms with Crippen LogP contribution in [0.25, 0.3) is 0 Å². The van der Waals surface area contributed by atoms with Gasteiger partial charge in [-0.2, -0.15) is 0 Å². The molecule has 1 aliphatic heterocycles. The molecular weight excluding hydrogens is 320 g/mol. The fourth-order valence-electron chi connectivity index (χ4n) is 3.53. The van der Waals surface area contributed by atoms with Crippen LogP contribution in [0.15, 0.2) is 33.8 Å². The number of hydrogen-bond donors (Lipinski definition) is 2. The lowest BCUT2D eigenvalue weighted by Crippen LogP contribution is -2.42. The number of aliphatic hydroxyl groups is 1. The molecule has 3 rings (SSSR count). The first-order chi connectivity index (χ1) is 11.9. The van der Waals surface area contributed by atoms with Gasteiger partial charge in [-0.1, -0.05) is 19.8 Å². The molecule has 1 aromatic heterocycles. The Morgan fingerprint density at radius 1 is 1.16 bits per heavy atom. The van der Waals surface area contributed by atoms with Crippen LogP contribution in [0.5, 0.6) is 0 Å². The number of aromatic nitrogens is 1. The number of aliphatic hydroxyl groups excluding tert-OH is 1. The molecule has 0 saturated carbocycles. The number of allylic oxidation sites excluding steroid dienone is 3. The SMILES string of the molecule is CCCCCn1c2c(c(C)cc1=O)C(=O)C1=C(NC(O)C=C1C)C2=O. The minimum Gasteiger partial charge on any atom is -0.370 e. The van der Waals surface area contributed by atoms with Crippen LogP contribution in [0.3, 0.4) is 0 Å². The van der Waals surface area contributed by atoms with Gasteiger partial charge in [0.25, 0.3) is 5.56 Å². The van der Waals surface area contributed by atoms with E-state index in [1.165, 1.54) is 16.7 Å². The van der Waals surface area contributed by atoms with Crippen molar-refractivity contribution in [3.63, 3.8) is 0 Å². The number of pyridine rings is 1. The summed E-state index contributed by atoms with van der Waals surface area (Å²) in [7, 11) is 0. The maximum absolute atomic E-state index is 13.1. The van der Waals surface area contributed by atoms with Crippen LogP contribution in [0.1, 0.15) is 59.5 Å². The molecule has 0 saturated heterocycles. The Morgan fingerprint density at radius 2 is 1.88 bits per heavy atom. The average molecular weight is 342 g/mol. The highest BCUT2D eigenvalue weighted by molar-refractivity contribution is 6.28. The fraction of sp³-hybridized carbons (Fsp3) is 0.421. The number of nitrogens with one attached hydrogen (secondary N) is 1. The van der Waals surface area contributed by atoms with Crippen molar-refractivity contribution < 1.29 is 14.7 Å². The van der Waals surface area contributed by atoms with Crippen molar-refractivity contribution >= 4 is 11.6 Å². The minimum atomic E-state index is -1.03. The van der Waals surface area contributed by atoms with Crippen molar-refractivity contribution in [2.45, 2.75) is 52.8 Å². The maximum atomic E-state index is 13.1. The molecule has 0 spiro atoms. The molecule has 0 aromatic carbocycles. The van der Waals surface area contributed by atoms with Gasteiger partial charge in [-0.3, -0.25) is 14.4 Å². The van der Waals surface area contributed by atoms with Crippen LogP contribution < -0.4 is 10.9 Å². The number of carbonyl (C=O) groups is 2. The molecule has 1 aliphatic carbocycles. The average Bonchev–Trinajstić information content (AvgIpc) is 2.53. The van der Waals surface area contributed by atoms with Gasteiger partial charge in [0.05, 0.1) is 16.8 Å². The Labute approximate surface area is 145 Å². The van der Waals surface area contributed by atoms with Crippen LogP contribution in [0.4, 0.5) is 0 Å². The Kier molecular flexibility index (Phi) is 4.47. The Hall–Kier alpha value is -2.47. The van der Waals surface area contributed by atoms with Crippen molar-refractivity contribution in [2.75, 3.05) is 0 Å². The van der Waals surface area contributed by atoms with Gasteiger partial charge in [-0.25, -0.2) is 0 Å². The van der Waals surface area contributed by atoms with E-state index in [2.05, 4.69) is 12.2 Å². The van der Waals surface area contributed by atoms with E-state index in [0.717, 1.165) is 19.3 Å². The largest absolute Gasteiger partial charge is 0.370 e. The molecule has 132 valence electrons. The summed E-state index contributed by atoms with van der Waals surface area (Å²) in [6, 6.07) is 1.42. The highest BCUT2D eigenvalue weighted by Gasteiger charge is 2.38. The summed E-state index contributed by atoms with van der Waals surface area (Å²) in [5, 5.41) is 12.5. The van der Waals surface area contributed by atoms with Crippen molar-refractivity contribution in [2.24, 2.45) is 0 Å². The molecule has 1 unspecified atom stereocenters. The number of carbonyl (C=O) groups excluding carboxylic acids is 2. The number of dihydropyridines is 1. The van der Waals surface area contributed by atoms with Crippen LogP contribution in [0, 0.1) is 6.92 Å². The zero-order valence-corrected chi connectivity index (χ0v) is 14.7. The van der Waals surface area contributed by atoms with Crippen molar-refractivity contribution in [3.8, 4) is 0 Å². The van der Waals surface area contributed by atoms with Gasteiger partial charge in [0, 0.05) is 12.6 Å². The summed E-state index contributed by atoms with van der Waals surface area (Å²) in [4.78, 5) is 38.6. The smallest absolute Gasteiger partial charge is 0.251 e. The molecule has 2 N–H and O–H groups in total. The number of fused-ring (bicyclic) bond motifs is 1. The molecule has 0 bridgehead atoms. The van der Waals surface area contributed by atoms with Gasteiger partial charge in [0.2, 0.25) is 5.78 Å². The normalized spacial score (nSPS) is 19.4. The van der Waals surface area contributed by atoms with E-state index in [-0.39, 0.29) is 28.3 Å². The third-order valence-corrected chi connectivity index (χ3v) is 4.73. The first-order valence-corrected chi connectivity index (χ1v) is 8.58. The number of Topliss-reactive ketones (excluding diaryl/α,β-unsaturated/α-hetero) is 2. The maximum Gasteiger partial charge on any atom is 0.251 e. The van der Waals surface area contributed by atoms with Crippen molar-refractivity contribution in [1.82, 2.24) is 9.88 Å². The lowest BCUT2D eigenvalue weighted by molar-refractivity contribution is 0.0940. The summed E-state index contributed by atoms with van der Waals surface area (Å²) in [6.45, 7) is 5.83. The summed E-state index contributed by atoms with van der Waals surface area (Å²) in [6.07, 6.45) is 3.16. The molecule has 6 heteroatoms. The molecule has 6 nitrogen and oxygen atoms in total. The van der Waals surface area contributed by atoms with E-state index in [1.807, 2.05) is 0 Å². The van der Waals surface area contributed by atoms with E-state index in [1.54, 1.807) is 13.8 Å². The van der Waals surface area contributed by atoms with Crippen LogP contribution in [-0.4, -0.2) is 27.5 Å². The molecule has 1 atom stereocenters. The third kappa shape index (κ3) is 2.76. The minimum absolute atomic E-state index is 0.0826. The quantitative estimate of drug-likeness (QED) is 0.815. The third-order valence-electron chi connectivity index (χ3n) is 4.73. The van der Waals surface area contributed by atoms with Gasteiger partial charge < -0.3 is 15.0 Å². The second-order valence-corrected chi connectivity index (χ2v) is 6.60. The predicted octanol–water partition coefficient (Wildman–Crippen LogP) is 1.85. The van der Waals surface area contributed by atoms with E-state index < -0.39 is 12.0 Å². The van der Waals surface area contributed by atoms with Crippen LogP contribution >= 0.6 is 0 Å². The number of rotatable bonds is 4. The molecule has 2 aliphatic rings. The van der Waals surface area contributed by atoms with Crippen molar-refractivity contribution in [3.05, 3.63) is 56.2 Å². The van der Waals surface area contributed by atoms with E-state index >= 15 is 0 Å². The molecule has 0 fully saturated rings. The molecular formula is C19H22N2O4. The second kappa shape index (κ2) is 6.44. The van der Waals surface area contributed by atoms with E-state index in [0.29, 0.717) is 23.2 Å². The Morgan fingerprint density at radius 3 is 2.56 bits per heavy atom. The monoisotopic (exact) mass is 342 g/mol.